The first-order valence-corrected chi connectivity index (χ1v) is 8.34. The number of halogens is 2. The van der Waals surface area contributed by atoms with Crippen molar-refractivity contribution in [2.75, 3.05) is 5.32 Å². The Morgan fingerprint density at radius 2 is 2.04 bits per heavy atom. The van der Waals surface area contributed by atoms with Gasteiger partial charge in [-0.15, -0.1) is 0 Å². The summed E-state index contributed by atoms with van der Waals surface area (Å²) >= 11 is 9.72. The van der Waals surface area contributed by atoms with E-state index in [-0.39, 0.29) is 6.17 Å². The Hall–Kier alpha value is -1.79. The van der Waals surface area contributed by atoms with E-state index in [1.807, 2.05) is 55.9 Å². The van der Waals surface area contributed by atoms with Crippen LogP contribution in [0.5, 0.6) is 0 Å². The number of aryl methyl sites for hydroxylation is 2. The molecule has 0 bridgehead atoms. The fraction of sp³-hybridized carbons (Fsp3) is 0.250. The van der Waals surface area contributed by atoms with Crippen molar-refractivity contribution in [3.05, 3.63) is 62.9 Å². The minimum absolute atomic E-state index is 0.299. The average molecular weight is 397 g/mol. The Morgan fingerprint density at radius 3 is 2.57 bits per heavy atom. The van der Waals surface area contributed by atoms with Crippen molar-refractivity contribution in [2.45, 2.75) is 26.9 Å². The molecule has 0 fully saturated rings. The van der Waals surface area contributed by atoms with Crippen LogP contribution in [0, 0.1) is 20.8 Å². The van der Waals surface area contributed by atoms with Gasteiger partial charge in [0.25, 0.3) is 5.82 Å². The summed E-state index contributed by atoms with van der Waals surface area (Å²) in [6.45, 7) is 5.75. The molecule has 3 aromatic rings. The molecule has 0 aromatic carbocycles. The number of nitrogens with zero attached hydrogens (tertiary/aromatic N) is 2. The third kappa shape index (κ3) is 3.28. The van der Waals surface area contributed by atoms with Gasteiger partial charge in [0.05, 0.1) is 20.9 Å². The molecule has 0 aliphatic rings. The van der Waals surface area contributed by atoms with Crippen LogP contribution in [0.15, 0.2) is 39.4 Å². The van der Waals surface area contributed by atoms with E-state index < -0.39 is 0 Å². The largest absolute Gasteiger partial charge is 0.460 e. The van der Waals surface area contributed by atoms with Gasteiger partial charge in [0.1, 0.15) is 12.0 Å². The van der Waals surface area contributed by atoms with Gasteiger partial charge in [0, 0.05) is 6.07 Å². The van der Waals surface area contributed by atoms with E-state index in [9.17, 15) is 0 Å². The molecule has 120 valence electrons. The van der Waals surface area contributed by atoms with Crippen molar-refractivity contribution in [1.82, 2.24) is 9.78 Å². The summed E-state index contributed by atoms with van der Waals surface area (Å²) < 4.78 is 8.62. The number of anilines is 1. The van der Waals surface area contributed by atoms with Crippen molar-refractivity contribution in [1.29, 1.82) is 0 Å². The minimum atomic E-state index is -0.299. The fourth-order valence-electron chi connectivity index (χ4n) is 2.39. The van der Waals surface area contributed by atoms with Crippen molar-refractivity contribution in [3.8, 4) is 0 Å². The third-order valence-electron chi connectivity index (χ3n) is 3.58. The third-order valence-corrected chi connectivity index (χ3v) is 4.62. The van der Waals surface area contributed by atoms with Crippen LogP contribution in [-0.2, 0) is 0 Å². The molecule has 3 heterocycles. The van der Waals surface area contributed by atoms with E-state index in [1.54, 1.807) is 0 Å². The molecule has 0 unspecified atom stereocenters. The molecule has 5 nitrogen and oxygen atoms in total. The number of rotatable bonds is 4. The van der Waals surface area contributed by atoms with Crippen LogP contribution in [0.1, 0.15) is 29.1 Å². The van der Waals surface area contributed by atoms with E-state index in [0.29, 0.717) is 5.02 Å². The average Bonchev–Trinajstić information content (AvgIpc) is 3.06. The lowest BCUT2D eigenvalue weighted by Crippen LogP contribution is -2.25. The molecule has 7 heteroatoms. The normalized spacial score (nSPS) is 12.4. The molecule has 3 rings (SSSR count). The van der Waals surface area contributed by atoms with Gasteiger partial charge in [-0.1, -0.05) is 11.6 Å². The molecule has 0 spiro atoms. The number of nitrogens with one attached hydrogen (secondary N) is 2. The minimum Gasteiger partial charge on any atom is -0.460 e. The highest BCUT2D eigenvalue weighted by atomic mass is 79.9. The monoisotopic (exact) mass is 395 g/mol. The van der Waals surface area contributed by atoms with Crippen molar-refractivity contribution < 1.29 is 9.40 Å². The maximum Gasteiger partial charge on any atom is 0.274 e. The Bertz CT molecular complexity index is 825. The first-order chi connectivity index (χ1) is 11.0. The van der Waals surface area contributed by atoms with Gasteiger partial charge in [-0.2, -0.15) is 5.10 Å². The second-order valence-corrected chi connectivity index (χ2v) is 6.64. The molecule has 0 aliphatic heterocycles. The summed E-state index contributed by atoms with van der Waals surface area (Å²) in [6.07, 6.45) is 1.56. The summed E-state index contributed by atoms with van der Waals surface area (Å²) in [7, 11) is 0. The first-order valence-electron chi connectivity index (χ1n) is 7.17. The Morgan fingerprint density at radius 1 is 1.26 bits per heavy atom. The zero-order valence-corrected chi connectivity index (χ0v) is 15.4. The summed E-state index contributed by atoms with van der Waals surface area (Å²) in [4.78, 5) is 3.18. The van der Waals surface area contributed by atoms with Crippen LogP contribution >= 0.6 is 27.5 Å². The molecule has 0 saturated carbocycles. The van der Waals surface area contributed by atoms with E-state index in [2.05, 4.69) is 31.3 Å². The molecular formula is C16H17BrClN4O+. The first kappa shape index (κ1) is 16.1. The highest BCUT2D eigenvalue weighted by Crippen LogP contribution is 2.27. The number of pyridine rings is 1. The Labute approximate surface area is 147 Å². The molecule has 23 heavy (non-hydrogen) atoms. The Balaban J connectivity index is 2.03. The predicted molar refractivity (Wildman–Crippen MR) is 92.6 cm³/mol. The highest BCUT2D eigenvalue weighted by molar-refractivity contribution is 9.10. The van der Waals surface area contributed by atoms with Gasteiger partial charge in [0.15, 0.2) is 5.76 Å². The van der Waals surface area contributed by atoms with Crippen molar-refractivity contribution in [3.63, 3.8) is 0 Å². The molecular weight excluding hydrogens is 380 g/mol. The number of hydrogen-bond acceptors (Lipinski definition) is 3. The van der Waals surface area contributed by atoms with Gasteiger partial charge < -0.3 is 4.42 Å². The summed E-state index contributed by atoms with van der Waals surface area (Å²) in [6, 6.07) is 7.77. The quantitative estimate of drug-likeness (QED) is 0.715. The predicted octanol–water partition coefficient (Wildman–Crippen LogP) is 4.29. The molecule has 0 radical (unpaired) electrons. The second-order valence-electron chi connectivity index (χ2n) is 5.35. The lowest BCUT2D eigenvalue weighted by Gasteiger charge is -2.14. The maximum absolute atomic E-state index is 6.30. The molecule has 0 saturated heterocycles. The van der Waals surface area contributed by atoms with Crippen molar-refractivity contribution >= 4 is 33.3 Å². The van der Waals surface area contributed by atoms with E-state index >= 15 is 0 Å². The number of hydrogen-bond donors (Lipinski definition) is 1. The topological polar surface area (TPSA) is 57.1 Å². The molecule has 3 aromatic heterocycles. The van der Waals surface area contributed by atoms with Gasteiger partial charge >= 0.3 is 0 Å². The van der Waals surface area contributed by atoms with Crippen LogP contribution in [0.25, 0.3) is 0 Å². The van der Waals surface area contributed by atoms with Crippen LogP contribution in [-0.4, -0.2) is 9.78 Å². The molecule has 0 amide bonds. The zero-order valence-electron chi connectivity index (χ0n) is 13.0. The van der Waals surface area contributed by atoms with E-state index in [0.717, 1.165) is 33.2 Å². The van der Waals surface area contributed by atoms with Gasteiger partial charge in [-0.3, -0.25) is 0 Å². The van der Waals surface area contributed by atoms with Crippen LogP contribution < -0.4 is 10.3 Å². The number of aromatic nitrogens is 3. The van der Waals surface area contributed by atoms with E-state index in [1.165, 1.54) is 0 Å². The van der Waals surface area contributed by atoms with Crippen LogP contribution in [0.3, 0.4) is 0 Å². The number of H-pyrrole nitrogens is 1. The fourth-order valence-corrected chi connectivity index (χ4v) is 2.76. The molecule has 1 atom stereocenters. The van der Waals surface area contributed by atoms with Crippen LogP contribution in [0.4, 0.5) is 5.82 Å². The molecule has 2 N–H and O–H groups in total. The summed E-state index contributed by atoms with van der Waals surface area (Å²) in [5, 5.41) is 8.62. The highest BCUT2D eigenvalue weighted by Gasteiger charge is 2.26. The standard InChI is InChI=1S/C16H16BrClN4O/c1-9-4-6-13(23-9)16(20-14-7-5-12(17)8-19-14)22-11(3)15(18)10(2)21-22/h4-8,16H,1-3H3,(H,19,20)/p+1/t16-/m1/s1. The number of aromatic amines is 1. The molecule has 0 aliphatic carbocycles. The SMILES string of the molecule is Cc1ccc([C@H](Nc2ccc(Br)c[nH+]2)n2nc(C)c(Cl)c2C)o1. The van der Waals surface area contributed by atoms with Gasteiger partial charge in [-0.05, 0) is 54.9 Å². The number of furan rings is 1. The summed E-state index contributed by atoms with van der Waals surface area (Å²) in [5.74, 6) is 2.45. The maximum atomic E-state index is 6.30. The lowest BCUT2D eigenvalue weighted by atomic mass is 10.3. The van der Waals surface area contributed by atoms with Crippen molar-refractivity contribution in [2.24, 2.45) is 0 Å². The Kier molecular flexibility index (Phi) is 4.46. The lowest BCUT2D eigenvalue weighted by molar-refractivity contribution is -0.362. The summed E-state index contributed by atoms with van der Waals surface area (Å²) in [5.41, 5.74) is 1.67. The van der Waals surface area contributed by atoms with Gasteiger partial charge in [-0.25, -0.2) is 15.0 Å². The smallest absolute Gasteiger partial charge is 0.274 e. The van der Waals surface area contributed by atoms with Crippen LogP contribution in [0.2, 0.25) is 5.02 Å². The van der Waals surface area contributed by atoms with Gasteiger partial charge in [0.2, 0.25) is 6.17 Å². The van der Waals surface area contributed by atoms with E-state index in [4.69, 9.17) is 16.0 Å². The zero-order chi connectivity index (χ0) is 16.6. The second kappa shape index (κ2) is 6.37.